The van der Waals surface area contributed by atoms with Gasteiger partial charge in [0.05, 0.1) is 6.04 Å². The Bertz CT molecular complexity index is 219. The third-order valence-corrected chi connectivity index (χ3v) is 3.63. The van der Waals surface area contributed by atoms with Crippen LogP contribution in [0.3, 0.4) is 0 Å². The van der Waals surface area contributed by atoms with Crippen LogP contribution in [-0.4, -0.2) is 30.3 Å². The molecule has 3 heteroatoms. The van der Waals surface area contributed by atoms with E-state index in [9.17, 15) is 4.79 Å². The number of hydrogen-bond donors (Lipinski definition) is 0. The molecule has 1 heterocycles. The van der Waals surface area contributed by atoms with Crippen molar-refractivity contribution >= 4 is 5.78 Å². The maximum Gasteiger partial charge on any atom is 0.150 e. The minimum absolute atomic E-state index is 0. The first-order valence-corrected chi connectivity index (χ1v) is 6.80. The van der Waals surface area contributed by atoms with Crippen LogP contribution >= 0.6 is 0 Å². The molecule has 0 bridgehead atoms. The van der Waals surface area contributed by atoms with Crippen molar-refractivity contribution in [1.29, 1.82) is 0 Å². The summed E-state index contributed by atoms with van der Waals surface area (Å²) >= 11 is 0. The smallest absolute Gasteiger partial charge is 0.150 e. The van der Waals surface area contributed by atoms with Crippen LogP contribution in [0.5, 0.6) is 0 Å². The van der Waals surface area contributed by atoms with Crippen LogP contribution in [0, 0.1) is 25.7 Å². The Morgan fingerprint density at radius 2 is 1.78 bits per heavy atom. The predicted octanol–water partition coefficient (Wildman–Crippen LogP) is 3.37. The molecular formula is C15H29NOY-2. The number of likely N-dealkylation sites (N-methyl/N-ethyl adjacent to an activating group) is 1. The van der Waals surface area contributed by atoms with E-state index >= 15 is 0 Å². The van der Waals surface area contributed by atoms with Gasteiger partial charge >= 0.3 is 0 Å². The number of nitrogens with zero attached hydrogens (tertiary/aromatic N) is 1. The van der Waals surface area contributed by atoms with E-state index in [4.69, 9.17) is 0 Å². The number of likely N-dealkylation sites (tertiary alicyclic amines) is 1. The normalized spacial score (nSPS) is 24.8. The van der Waals surface area contributed by atoms with Gasteiger partial charge in [-0.1, -0.05) is 20.3 Å². The number of rotatable bonds is 2. The van der Waals surface area contributed by atoms with Gasteiger partial charge in [-0.15, -0.1) is 0 Å². The number of Topliss-reactive ketones (excluding diaryl/α,β-unsaturated/α-hetero) is 1. The average molecular weight is 328 g/mol. The van der Waals surface area contributed by atoms with E-state index in [-0.39, 0.29) is 38.8 Å². The molecule has 0 saturated carbocycles. The zero-order chi connectivity index (χ0) is 13.4. The molecule has 1 fully saturated rings. The van der Waals surface area contributed by atoms with Gasteiger partial charge in [-0.25, -0.2) is 0 Å². The summed E-state index contributed by atoms with van der Waals surface area (Å²) in [6, 6.07) is 0.0952. The van der Waals surface area contributed by atoms with Crippen LogP contribution in [0.1, 0.15) is 46.5 Å². The van der Waals surface area contributed by atoms with Crippen molar-refractivity contribution in [3.05, 3.63) is 13.8 Å². The molecule has 1 aliphatic heterocycles. The molecule has 0 aliphatic carbocycles. The number of ketones is 1. The number of carbonyl (C=O) groups is 1. The Kier molecular flexibility index (Phi) is 13.5. The predicted molar refractivity (Wildman–Crippen MR) is 74.6 cm³/mol. The molecule has 0 spiro atoms. The number of carbonyl (C=O) groups excluding carboxylic acids is 1. The van der Waals surface area contributed by atoms with Crippen LogP contribution in [0.15, 0.2) is 0 Å². The monoisotopic (exact) mass is 328 g/mol. The third-order valence-electron chi connectivity index (χ3n) is 3.63. The second kappa shape index (κ2) is 11.6. The molecule has 0 amide bonds. The van der Waals surface area contributed by atoms with Crippen LogP contribution in [-0.2, 0) is 37.5 Å². The van der Waals surface area contributed by atoms with Gasteiger partial charge in [-0.2, -0.15) is 12.8 Å². The third kappa shape index (κ3) is 6.77. The summed E-state index contributed by atoms with van der Waals surface area (Å²) in [5.74, 6) is 1.11. The van der Waals surface area contributed by atoms with Crippen LogP contribution in [0.4, 0.5) is 0 Å². The van der Waals surface area contributed by atoms with E-state index in [1.165, 1.54) is 12.8 Å². The van der Waals surface area contributed by atoms with Crippen LogP contribution in [0.25, 0.3) is 0 Å². The fourth-order valence-electron chi connectivity index (χ4n) is 2.38. The van der Waals surface area contributed by atoms with Crippen molar-refractivity contribution in [3.8, 4) is 0 Å². The van der Waals surface area contributed by atoms with Gasteiger partial charge in [0.2, 0.25) is 0 Å². The van der Waals surface area contributed by atoms with Crippen LogP contribution in [0.2, 0.25) is 0 Å². The van der Waals surface area contributed by atoms with E-state index in [1.54, 1.807) is 6.92 Å². The fraction of sp³-hybridized carbons (Fsp3) is 0.800. The molecule has 1 aliphatic rings. The van der Waals surface area contributed by atoms with Gasteiger partial charge in [0.1, 0.15) is 5.78 Å². The van der Waals surface area contributed by atoms with Gasteiger partial charge < -0.3 is 13.8 Å². The zero-order valence-electron chi connectivity index (χ0n) is 12.6. The van der Waals surface area contributed by atoms with E-state index in [1.807, 2.05) is 0 Å². The standard InChI is InChI=1S/C13H24NO.C2H5.Y/c1-10(2)11(3)13-12(15)8-6-5-7-9-14(13)4;1-2;/h10-11,13H,1,5-9H2,2-4H3;1H2,2H3;/q2*-1;. The summed E-state index contributed by atoms with van der Waals surface area (Å²) in [7, 11) is 2.08. The Morgan fingerprint density at radius 3 is 2.28 bits per heavy atom. The molecule has 1 saturated heterocycles. The molecule has 105 valence electrons. The summed E-state index contributed by atoms with van der Waals surface area (Å²) in [6.45, 7) is 14.4. The number of hydrogen-bond acceptors (Lipinski definition) is 2. The minimum atomic E-state index is 0. The largest absolute Gasteiger partial charge is 0.346 e. The molecule has 1 radical (unpaired) electrons. The second-order valence-electron chi connectivity index (χ2n) is 5.04. The van der Waals surface area contributed by atoms with Gasteiger partial charge in [0, 0.05) is 39.1 Å². The summed E-state index contributed by atoms with van der Waals surface area (Å²) in [4.78, 5) is 14.3. The molecule has 1 rings (SSSR count). The van der Waals surface area contributed by atoms with Crippen LogP contribution < -0.4 is 0 Å². The quantitative estimate of drug-likeness (QED) is 0.725. The van der Waals surface area contributed by atoms with Crippen molar-refractivity contribution < 1.29 is 37.5 Å². The molecule has 0 aromatic rings. The van der Waals surface area contributed by atoms with E-state index in [2.05, 4.69) is 39.6 Å². The summed E-state index contributed by atoms with van der Waals surface area (Å²) in [6.07, 6.45) is 4.24. The van der Waals surface area contributed by atoms with Crippen molar-refractivity contribution in [1.82, 2.24) is 4.90 Å². The van der Waals surface area contributed by atoms with E-state index in [0.717, 1.165) is 19.4 Å². The van der Waals surface area contributed by atoms with Gasteiger partial charge in [0.25, 0.3) is 0 Å². The van der Waals surface area contributed by atoms with Crippen molar-refractivity contribution in [3.63, 3.8) is 0 Å². The Hall–Kier alpha value is 0.734. The van der Waals surface area contributed by atoms with E-state index < -0.39 is 0 Å². The first-order chi connectivity index (χ1) is 8.04. The molecule has 2 nitrogen and oxygen atoms in total. The Balaban J connectivity index is 0. The molecule has 0 aromatic carbocycles. The van der Waals surface area contributed by atoms with E-state index in [0.29, 0.717) is 17.6 Å². The first kappa shape index (κ1) is 21.0. The summed E-state index contributed by atoms with van der Waals surface area (Å²) in [5.41, 5.74) is 0. The SMILES string of the molecule is [CH2-]C.[CH2-]C(C)C(C)C1C(=O)CCCCCN1C.[Y]. The molecule has 3 atom stereocenters. The van der Waals surface area contributed by atoms with Crippen molar-refractivity contribution in [2.75, 3.05) is 13.6 Å². The first-order valence-electron chi connectivity index (χ1n) is 6.80. The minimum Gasteiger partial charge on any atom is -0.346 e. The molecule has 18 heavy (non-hydrogen) atoms. The molecular weight excluding hydrogens is 299 g/mol. The zero-order valence-corrected chi connectivity index (χ0v) is 15.5. The summed E-state index contributed by atoms with van der Waals surface area (Å²) in [5, 5.41) is 0. The van der Waals surface area contributed by atoms with Gasteiger partial charge in [-0.3, -0.25) is 9.69 Å². The topological polar surface area (TPSA) is 20.3 Å². The molecule has 3 unspecified atom stereocenters. The Morgan fingerprint density at radius 1 is 1.22 bits per heavy atom. The van der Waals surface area contributed by atoms with Crippen molar-refractivity contribution in [2.24, 2.45) is 11.8 Å². The molecule has 0 aromatic heterocycles. The summed E-state index contributed by atoms with van der Waals surface area (Å²) < 4.78 is 0. The van der Waals surface area contributed by atoms with Crippen molar-refractivity contribution in [2.45, 2.75) is 52.5 Å². The fourth-order valence-corrected chi connectivity index (χ4v) is 2.38. The average Bonchev–Trinajstić information content (AvgIpc) is 2.29. The molecule has 0 N–H and O–H groups in total. The second-order valence-corrected chi connectivity index (χ2v) is 5.04. The maximum absolute atomic E-state index is 12.1. The Labute approximate surface area is 139 Å². The van der Waals surface area contributed by atoms with Gasteiger partial charge in [-0.05, 0) is 32.4 Å². The maximum atomic E-state index is 12.1. The van der Waals surface area contributed by atoms with Gasteiger partial charge in [0.15, 0.2) is 0 Å².